The molecule has 5 heteroatoms. The zero-order valence-electron chi connectivity index (χ0n) is 17.1. The van der Waals surface area contributed by atoms with E-state index in [0.29, 0.717) is 13.2 Å². The van der Waals surface area contributed by atoms with Crippen LogP contribution in [-0.4, -0.2) is 38.2 Å². The second-order valence-corrected chi connectivity index (χ2v) is 7.78. The summed E-state index contributed by atoms with van der Waals surface area (Å²) in [6.07, 6.45) is 4.77. The minimum Gasteiger partial charge on any atom is -0.384 e. The fourth-order valence-corrected chi connectivity index (χ4v) is 4.22. The Labute approximate surface area is 173 Å². The maximum Gasteiger partial charge on any atom is 0.127 e. The number of aliphatic imine (C=N–C) groups is 1. The summed E-state index contributed by atoms with van der Waals surface area (Å²) in [4.78, 5) is 5.08. The molecular formula is C24H30N4O. The number of ether oxygens (including phenoxy) is 1. The predicted molar refractivity (Wildman–Crippen MR) is 122 cm³/mol. The number of anilines is 2. The van der Waals surface area contributed by atoms with Gasteiger partial charge in [0.15, 0.2) is 0 Å². The van der Waals surface area contributed by atoms with Gasteiger partial charge in [0, 0.05) is 7.11 Å². The van der Waals surface area contributed by atoms with E-state index in [-0.39, 0.29) is 5.54 Å². The van der Waals surface area contributed by atoms with Gasteiger partial charge in [-0.25, -0.2) is 0 Å². The van der Waals surface area contributed by atoms with Crippen molar-refractivity contribution in [3.8, 4) is 0 Å². The van der Waals surface area contributed by atoms with E-state index < -0.39 is 0 Å². The average Bonchev–Trinajstić information content (AvgIpc) is 2.77. The molecule has 1 saturated heterocycles. The third kappa shape index (κ3) is 4.21. The molecule has 3 N–H and O–H groups in total. The van der Waals surface area contributed by atoms with Crippen LogP contribution < -0.4 is 16.0 Å². The van der Waals surface area contributed by atoms with Gasteiger partial charge in [0.2, 0.25) is 0 Å². The van der Waals surface area contributed by atoms with E-state index in [4.69, 9.17) is 9.73 Å². The van der Waals surface area contributed by atoms with Crippen molar-refractivity contribution in [1.29, 1.82) is 0 Å². The van der Waals surface area contributed by atoms with Crippen LogP contribution in [0.2, 0.25) is 0 Å². The highest BCUT2D eigenvalue weighted by atomic mass is 16.5. The standard InChI is InChI=1S/C24H30N4O/c1-3-18-6-4-7-19(16-18)17-26-23-24(11-13-25-14-12-24)28-21-9-5-8-20(10-15-29-2)22(21)27-23/h3-9,16,25,28H,1,10-15,17H2,2H3,(H,26,27). The van der Waals surface area contributed by atoms with Gasteiger partial charge in [0.05, 0.1) is 30.1 Å². The number of amidine groups is 1. The third-order valence-corrected chi connectivity index (χ3v) is 5.86. The van der Waals surface area contributed by atoms with Crippen LogP contribution in [-0.2, 0) is 17.7 Å². The van der Waals surface area contributed by atoms with Gasteiger partial charge < -0.3 is 20.7 Å². The molecular weight excluding hydrogens is 360 g/mol. The van der Waals surface area contributed by atoms with Crippen molar-refractivity contribution in [3.63, 3.8) is 0 Å². The Hall–Kier alpha value is -2.63. The maximum atomic E-state index is 5.31. The Bertz CT molecular complexity index is 900. The van der Waals surface area contributed by atoms with Gasteiger partial charge in [0.1, 0.15) is 5.84 Å². The first-order chi connectivity index (χ1) is 14.2. The van der Waals surface area contributed by atoms with E-state index in [9.17, 15) is 0 Å². The van der Waals surface area contributed by atoms with Crippen molar-refractivity contribution in [2.24, 2.45) is 4.99 Å². The van der Waals surface area contributed by atoms with Crippen LogP contribution in [0, 0.1) is 0 Å². The molecule has 0 amide bonds. The summed E-state index contributed by atoms with van der Waals surface area (Å²) in [5, 5.41) is 11.0. The number of hydrogen-bond donors (Lipinski definition) is 3. The second kappa shape index (κ2) is 8.80. The smallest absolute Gasteiger partial charge is 0.127 e. The molecule has 1 fully saturated rings. The zero-order chi connectivity index (χ0) is 20.1. The Morgan fingerprint density at radius 1 is 1.17 bits per heavy atom. The average molecular weight is 391 g/mol. The molecule has 0 saturated carbocycles. The normalized spacial score (nSPS) is 18.7. The number of rotatable bonds is 6. The van der Waals surface area contributed by atoms with Gasteiger partial charge in [0.25, 0.3) is 0 Å². The molecule has 0 atom stereocenters. The Balaban J connectivity index is 1.67. The van der Waals surface area contributed by atoms with E-state index in [0.717, 1.165) is 55.1 Å². The van der Waals surface area contributed by atoms with E-state index in [1.54, 1.807) is 7.11 Å². The number of nitrogens with one attached hydrogen (secondary N) is 3. The first-order valence-electron chi connectivity index (χ1n) is 10.4. The number of benzene rings is 2. The van der Waals surface area contributed by atoms with Crippen molar-refractivity contribution in [1.82, 2.24) is 5.32 Å². The van der Waals surface area contributed by atoms with Crippen LogP contribution in [0.5, 0.6) is 0 Å². The summed E-state index contributed by atoms with van der Waals surface area (Å²) in [6, 6.07) is 14.9. The molecule has 2 heterocycles. The summed E-state index contributed by atoms with van der Waals surface area (Å²) in [5.74, 6) is 1.04. The molecule has 1 spiro atoms. The topological polar surface area (TPSA) is 57.7 Å². The van der Waals surface area contributed by atoms with E-state index in [1.165, 1.54) is 11.1 Å². The molecule has 0 unspecified atom stereocenters. The van der Waals surface area contributed by atoms with Gasteiger partial charge >= 0.3 is 0 Å². The highest BCUT2D eigenvalue weighted by Crippen LogP contribution is 2.38. The van der Waals surface area contributed by atoms with Crippen LogP contribution in [0.3, 0.4) is 0 Å². The molecule has 2 aromatic carbocycles. The fourth-order valence-electron chi connectivity index (χ4n) is 4.22. The van der Waals surface area contributed by atoms with Gasteiger partial charge in [-0.15, -0.1) is 0 Å². The number of piperidine rings is 1. The summed E-state index contributed by atoms with van der Waals surface area (Å²) in [6.45, 7) is 7.19. The van der Waals surface area contributed by atoms with Crippen LogP contribution in [0.1, 0.15) is 29.5 Å². The Morgan fingerprint density at radius 3 is 2.79 bits per heavy atom. The Morgan fingerprint density at radius 2 is 2.00 bits per heavy atom. The molecule has 0 bridgehead atoms. The third-order valence-electron chi connectivity index (χ3n) is 5.86. The second-order valence-electron chi connectivity index (χ2n) is 7.78. The minimum atomic E-state index is -0.145. The highest BCUT2D eigenvalue weighted by molar-refractivity contribution is 6.10. The monoisotopic (exact) mass is 390 g/mol. The lowest BCUT2D eigenvalue weighted by molar-refractivity contribution is 0.202. The van der Waals surface area contributed by atoms with Gasteiger partial charge in [-0.05, 0) is 61.2 Å². The summed E-state index contributed by atoms with van der Waals surface area (Å²) in [7, 11) is 1.75. The number of methoxy groups -OCH3 is 1. The van der Waals surface area contributed by atoms with Crippen molar-refractivity contribution < 1.29 is 4.74 Å². The van der Waals surface area contributed by atoms with E-state index in [2.05, 4.69) is 65.0 Å². The van der Waals surface area contributed by atoms with Crippen molar-refractivity contribution in [2.45, 2.75) is 31.3 Å². The molecule has 4 rings (SSSR count). The lowest BCUT2D eigenvalue weighted by Gasteiger charge is -2.44. The van der Waals surface area contributed by atoms with Gasteiger partial charge in [-0.1, -0.05) is 43.0 Å². The first-order valence-corrected chi connectivity index (χ1v) is 10.4. The molecule has 0 aromatic heterocycles. The summed E-state index contributed by atoms with van der Waals surface area (Å²) >= 11 is 0. The van der Waals surface area contributed by atoms with Crippen LogP contribution in [0.25, 0.3) is 6.08 Å². The molecule has 0 radical (unpaired) electrons. The van der Waals surface area contributed by atoms with Crippen molar-refractivity contribution >= 4 is 23.3 Å². The minimum absolute atomic E-state index is 0.145. The summed E-state index contributed by atoms with van der Waals surface area (Å²) < 4.78 is 5.31. The van der Waals surface area contributed by atoms with Crippen LogP contribution in [0.15, 0.2) is 54.0 Å². The SMILES string of the molecule is C=Cc1cccc(CN=C2Nc3c(CCOC)cccc3NC23CCNCC3)c1. The fraction of sp³-hybridized carbons (Fsp3) is 0.375. The van der Waals surface area contributed by atoms with Gasteiger partial charge in [-0.3, -0.25) is 4.99 Å². The van der Waals surface area contributed by atoms with Crippen molar-refractivity contribution in [3.05, 3.63) is 65.7 Å². The molecule has 2 aliphatic rings. The molecule has 5 nitrogen and oxygen atoms in total. The quantitative estimate of drug-likeness (QED) is 0.696. The molecule has 2 aliphatic heterocycles. The Kier molecular flexibility index (Phi) is 5.97. The number of nitrogens with zero attached hydrogens (tertiary/aromatic N) is 1. The lowest BCUT2D eigenvalue weighted by atomic mass is 9.84. The zero-order valence-corrected chi connectivity index (χ0v) is 17.1. The van der Waals surface area contributed by atoms with Crippen LogP contribution >= 0.6 is 0 Å². The first kappa shape index (κ1) is 19.7. The number of hydrogen-bond acceptors (Lipinski definition) is 4. The highest BCUT2D eigenvalue weighted by Gasteiger charge is 2.41. The van der Waals surface area contributed by atoms with E-state index in [1.807, 2.05) is 6.08 Å². The van der Waals surface area contributed by atoms with Crippen molar-refractivity contribution in [2.75, 3.05) is 37.4 Å². The number of para-hydroxylation sites is 1. The van der Waals surface area contributed by atoms with Gasteiger partial charge in [-0.2, -0.15) is 0 Å². The molecule has 2 aromatic rings. The summed E-state index contributed by atoms with van der Waals surface area (Å²) in [5.41, 5.74) is 5.72. The predicted octanol–water partition coefficient (Wildman–Crippen LogP) is 4.08. The largest absolute Gasteiger partial charge is 0.384 e. The van der Waals surface area contributed by atoms with Crippen LogP contribution in [0.4, 0.5) is 11.4 Å². The van der Waals surface area contributed by atoms with E-state index >= 15 is 0 Å². The lowest BCUT2D eigenvalue weighted by Crippen LogP contribution is -2.58. The number of fused-ring (bicyclic) bond motifs is 1. The molecule has 152 valence electrons. The maximum absolute atomic E-state index is 5.31. The molecule has 29 heavy (non-hydrogen) atoms. The molecule has 0 aliphatic carbocycles.